The molecule has 0 aliphatic heterocycles. The third-order valence-electron chi connectivity index (χ3n) is 3.99. The molecule has 10 heteroatoms. The van der Waals surface area contributed by atoms with E-state index in [9.17, 15) is 14.4 Å². The lowest BCUT2D eigenvalue weighted by molar-refractivity contribution is -0.139. The molecule has 10 nitrogen and oxygen atoms in total. The average molecular weight is 428 g/mol. The van der Waals surface area contributed by atoms with E-state index in [2.05, 4.69) is 15.8 Å². The van der Waals surface area contributed by atoms with E-state index in [1.54, 1.807) is 50.6 Å². The van der Waals surface area contributed by atoms with E-state index in [0.717, 1.165) is 5.56 Å². The molecule has 0 aliphatic rings. The summed E-state index contributed by atoms with van der Waals surface area (Å²) in [5.74, 6) is -0.590. The monoisotopic (exact) mass is 428 g/mol. The van der Waals surface area contributed by atoms with Crippen LogP contribution in [-0.4, -0.2) is 51.3 Å². The number of primary amides is 1. The number of carbonyl (C=O) groups excluding carboxylic acids is 3. The van der Waals surface area contributed by atoms with Crippen molar-refractivity contribution in [2.45, 2.75) is 6.42 Å². The van der Waals surface area contributed by atoms with Gasteiger partial charge in [0.15, 0.2) is 18.1 Å². The van der Waals surface area contributed by atoms with E-state index in [4.69, 9.17) is 19.9 Å². The molecule has 164 valence electrons. The van der Waals surface area contributed by atoms with Crippen molar-refractivity contribution < 1.29 is 28.6 Å². The highest BCUT2D eigenvalue weighted by Crippen LogP contribution is 2.27. The maximum Gasteiger partial charge on any atom is 0.329 e. The van der Waals surface area contributed by atoms with Gasteiger partial charge in [-0.15, -0.1) is 0 Å². The summed E-state index contributed by atoms with van der Waals surface area (Å²) >= 11 is 0. The lowest BCUT2D eigenvalue weighted by Crippen LogP contribution is -2.38. The van der Waals surface area contributed by atoms with Crippen molar-refractivity contribution in [3.05, 3.63) is 53.6 Å². The molecular formula is C21H24N4O6. The van der Waals surface area contributed by atoms with E-state index < -0.39 is 17.7 Å². The minimum Gasteiger partial charge on any atom is -0.493 e. The van der Waals surface area contributed by atoms with Gasteiger partial charge in [-0.2, -0.15) is 5.10 Å². The second-order valence-electron chi connectivity index (χ2n) is 6.22. The Hall–Kier alpha value is -4.08. The highest BCUT2D eigenvalue weighted by Gasteiger charge is 2.12. The topological polar surface area (TPSA) is 141 Å². The van der Waals surface area contributed by atoms with Crippen molar-refractivity contribution >= 4 is 23.9 Å². The van der Waals surface area contributed by atoms with Gasteiger partial charge in [0.1, 0.15) is 5.75 Å². The molecule has 0 aliphatic carbocycles. The molecule has 4 N–H and O–H groups in total. The quantitative estimate of drug-likeness (QED) is 0.284. The number of rotatable bonds is 10. The van der Waals surface area contributed by atoms with Gasteiger partial charge in [-0.05, 0) is 53.9 Å². The lowest BCUT2D eigenvalue weighted by Gasteiger charge is -2.10. The molecule has 0 saturated heterocycles. The summed E-state index contributed by atoms with van der Waals surface area (Å²) in [5.41, 5.74) is 8.73. The Kier molecular flexibility index (Phi) is 8.84. The first-order valence-electron chi connectivity index (χ1n) is 9.26. The number of nitrogens with one attached hydrogen (secondary N) is 2. The zero-order chi connectivity index (χ0) is 22.6. The van der Waals surface area contributed by atoms with Gasteiger partial charge in [0.25, 0.3) is 5.91 Å². The second kappa shape index (κ2) is 11.8. The summed E-state index contributed by atoms with van der Waals surface area (Å²) in [6.45, 7) is 0.0445. The zero-order valence-corrected chi connectivity index (χ0v) is 17.2. The summed E-state index contributed by atoms with van der Waals surface area (Å²) in [5, 5.41) is 6.27. The van der Waals surface area contributed by atoms with Gasteiger partial charge >= 0.3 is 11.8 Å². The highest BCUT2D eigenvalue weighted by molar-refractivity contribution is 6.35. The summed E-state index contributed by atoms with van der Waals surface area (Å²) < 4.78 is 15.5. The van der Waals surface area contributed by atoms with Crippen LogP contribution in [0, 0.1) is 0 Å². The fourth-order valence-corrected chi connectivity index (χ4v) is 2.46. The van der Waals surface area contributed by atoms with Crippen molar-refractivity contribution in [2.24, 2.45) is 10.8 Å². The van der Waals surface area contributed by atoms with Crippen molar-refractivity contribution in [1.29, 1.82) is 0 Å². The first-order chi connectivity index (χ1) is 14.9. The predicted molar refractivity (Wildman–Crippen MR) is 113 cm³/mol. The first-order valence-corrected chi connectivity index (χ1v) is 9.26. The molecule has 3 amide bonds. The van der Waals surface area contributed by atoms with Crippen LogP contribution >= 0.6 is 0 Å². The summed E-state index contributed by atoms with van der Waals surface area (Å²) in [7, 11) is 3.09. The number of hydrogen-bond acceptors (Lipinski definition) is 7. The second-order valence-corrected chi connectivity index (χ2v) is 6.22. The Morgan fingerprint density at radius 3 is 2.35 bits per heavy atom. The number of benzene rings is 2. The van der Waals surface area contributed by atoms with Gasteiger partial charge in [0, 0.05) is 6.54 Å². The molecule has 0 spiro atoms. The van der Waals surface area contributed by atoms with Crippen LogP contribution in [0.1, 0.15) is 11.1 Å². The normalized spacial score (nSPS) is 10.4. The number of amides is 3. The molecule has 2 aromatic carbocycles. The molecule has 0 saturated carbocycles. The largest absolute Gasteiger partial charge is 0.493 e. The molecule has 31 heavy (non-hydrogen) atoms. The van der Waals surface area contributed by atoms with Gasteiger partial charge in [0.05, 0.1) is 20.4 Å². The molecule has 0 fully saturated rings. The molecule has 0 heterocycles. The summed E-state index contributed by atoms with van der Waals surface area (Å²) in [6, 6.07) is 12.0. The summed E-state index contributed by atoms with van der Waals surface area (Å²) in [4.78, 5) is 34.4. The van der Waals surface area contributed by atoms with E-state index in [0.29, 0.717) is 29.2 Å². The molecule has 0 atom stereocenters. The Morgan fingerprint density at radius 2 is 1.71 bits per heavy atom. The first kappa shape index (κ1) is 23.2. The van der Waals surface area contributed by atoms with Crippen molar-refractivity contribution in [2.75, 3.05) is 27.4 Å². The van der Waals surface area contributed by atoms with Crippen LogP contribution in [0.5, 0.6) is 17.2 Å². The van der Waals surface area contributed by atoms with E-state index in [1.807, 2.05) is 6.07 Å². The molecule has 2 rings (SSSR count). The summed E-state index contributed by atoms with van der Waals surface area (Å²) in [6.07, 6.45) is 1.87. The highest BCUT2D eigenvalue weighted by atomic mass is 16.5. The SMILES string of the molecule is COc1ccc(CCNC(=O)C(=O)N/N=C\c2ccc(OCC(N)=O)cc2)cc1OC. The maximum absolute atomic E-state index is 11.9. The zero-order valence-electron chi connectivity index (χ0n) is 17.2. The van der Waals surface area contributed by atoms with Gasteiger partial charge < -0.3 is 25.3 Å². The lowest BCUT2D eigenvalue weighted by atomic mass is 10.1. The minimum atomic E-state index is -0.884. The number of hydrazone groups is 1. The van der Waals surface area contributed by atoms with Crippen LogP contribution < -0.4 is 30.7 Å². The van der Waals surface area contributed by atoms with Crippen LogP contribution in [0.15, 0.2) is 47.6 Å². The van der Waals surface area contributed by atoms with Crippen molar-refractivity contribution in [1.82, 2.24) is 10.7 Å². The van der Waals surface area contributed by atoms with Crippen LogP contribution in [-0.2, 0) is 20.8 Å². The van der Waals surface area contributed by atoms with Crippen LogP contribution in [0.3, 0.4) is 0 Å². The standard InChI is InChI=1S/C21H24N4O6/c1-29-17-8-5-14(11-18(17)30-2)9-10-23-20(27)21(28)25-24-12-15-3-6-16(7-4-15)31-13-19(22)26/h3-8,11-12H,9-10,13H2,1-2H3,(H2,22,26)(H,23,27)(H,25,28)/b24-12-. The van der Waals surface area contributed by atoms with Gasteiger partial charge in [0.2, 0.25) is 0 Å². The predicted octanol–water partition coefficient (Wildman–Crippen LogP) is 0.377. The maximum atomic E-state index is 11.9. The van der Waals surface area contributed by atoms with Crippen LogP contribution in [0.25, 0.3) is 0 Å². The van der Waals surface area contributed by atoms with E-state index in [1.165, 1.54) is 6.21 Å². The van der Waals surface area contributed by atoms with Gasteiger partial charge in [-0.1, -0.05) is 6.07 Å². The third-order valence-corrected chi connectivity index (χ3v) is 3.99. The fraction of sp³-hybridized carbons (Fsp3) is 0.238. The van der Waals surface area contributed by atoms with Gasteiger partial charge in [-0.25, -0.2) is 5.43 Å². The third kappa shape index (κ3) is 7.69. The molecule has 0 unspecified atom stereocenters. The van der Waals surface area contributed by atoms with E-state index >= 15 is 0 Å². The average Bonchev–Trinajstić information content (AvgIpc) is 2.78. The molecule has 0 bridgehead atoms. The number of methoxy groups -OCH3 is 2. The Morgan fingerprint density at radius 1 is 1.00 bits per heavy atom. The Bertz CT molecular complexity index is 943. The molecular weight excluding hydrogens is 404 g/mol. The number of ether oxygens (including phenoxy) is 3. The number of nitrogens with zero attached hydrogens (tertiary/aromatic N) is 1. The van der Waals surface area contributed by atoms with Crippen molar-refractivity contribution in [3.63, 3.8) is 0 Å². The van der Waals surface area contributed by atoms with Gasteiger partial charge in [-0.3, -0.25) is 14.4 Å². The Labute approximate surface area is 179 Å². The molecule has 2 aromatic rings. The number of carbonyl (C=O) groups is 3. The molecule has 0 aromatic heterocycles. The van der Waals surface area contributed by atoms with Crippen LogP contribution in [0.4, 0.5) is 0 Å². The molecule has 0 radical (unpaired) electrons. The number of hydrogen-bond donors (Lipinski definition) is 3. The van der Waals surface area contributed by atoms with E-state index in [-0.39, 0.29) is 13.2 Å². The van der Waals surface area contributed by atoms with Crippen molar-refractivity contribution in [3.8, 4) is 17.2 Å². The number of nitrogens with two attached hydrogens (primary N) is 1. The van der Waals surface area contributed by atoms with Crippen LogP contribution in [0.2, 0.25) is 0 Å². The Balaban J connectivity index is 1.75. The minimum absolute atomic E-state index is 0.218. The fourth-order valence-electron chi connectivity index (χ4n) is 2.46. The smallest absolute Gasteiger partial charge is 0.329 e.